The lowest BCUT2D eigenvalue weighted by Crippen LogP contribution is -2.51. The number of carbonyl (C=O) groups is 9. The maximum Gasteiger partial charge on any atom is 0.333 e. The third-order valence-electron chi connectivity index (χ3n) is 7.27. The number of ether oxygens (including phenoxy) is 9. The largest absolute Gasteiger partial charge is 0.726 e. The van der Waals surface area contributed by atoms with Gasteiger partial charge in [-0.1, -0.05) is 19.7 Å². The fourth-order valence-corrected chi connectivity index (χ4v) is 3.76. The highest BCUT2D eigenvalue weighted by Crippen LogP contribution is 2.07. The lowest BCUT2D eigenvalue weighted by molar-refractivity contribution is -0.910. The van der Waals surface area contributed by atoms with Crippen LogP contribution in [0.4, 0.5) is 0 Å². The number of quaternary nitrogens is 1. The van der Waals surface area contributed by atoms with Crippen molar-refractivity contribution in [2.75, 3.05) is 93.3 Å². The third-order valence-corrected chi connectivity index (χ3v) is 7.68. The van der Waals surface area contributed by atoms with Gasteiger partial charge in [-0.25, -0.2) is 22.8 Å². The van der Waals surface area contributed by atoms with Gasteiger partial charge in [0.2, 0.25) is 10.4 Å². The summed E-state index contributed by atoms with van der Waals surface area (Å²) in [5, 5.41) is 0. The Balaban J connectivity index is 0. The zero-order valence-electron chi connectivity index (χ0n) is 35.7. The highest BCUT2D eigenvalue weighted by atomic mass is 32.3. The Bertz CT molecular complexity index is 1510. The van der Waals surface area contributed by atoms with Crippen molar-refractivity contribution in [2.45, 2.75) is 59.3 Å². The number of carbonyl (C=O) groups excluding carboxylic acids is 9. The van der Waals surface area contributed by atoms with E-state index in [1.807, 2.05) is 0 Å². The molecular formula is C38H57NO22S. The summed E-state index contributed by atoms with van der Waals surface area (Å²) in [6.07, 6.45) is -1.69. The van der Waals surface area contributed by atoms with Gasteiger partial charge in [-0.05, 0) is 20.8 Å². The molecule has 0 unspecified atom stereocenters. The van der Waals surface area contributed by atoms with E-state index in [-0.39, 0.29) is 139 Å². The standard InChI is InChI=1S/C37H54NO18.CH4O4S/c1-26(2)35(45)54-23-20-51-32(42)11-8-29(39)48-17-14-38(7,15-18-49-30(40)9-12-33(43)52-21-24-55-36(46)27(3)4)16-19-50-31(41)10-13-34(44)53-22-25-56-37(47)28(5)6;1-5-6(2,3)4/h1,3,5,8-25H2,2,4,6-7H3;1H3,(H,2,3,4)/q+1;/p-1. The highest BCUT2D eigenvalue weighted by molar-refractivity contribution is 7.80. The molecule has 0 aliphatic carbocycles. The predicted octanol–water partition coefficient (Wildman–Crippen LogP) is 0.484. The topological polar surface area (TPSA) is 303 Å². The van der Waals surface area contributed by atoms with Crippen LogP contribution in [-0.2, 0) is 100 Å². The van der Waals surface area contributed by atoms with E-state index >= 15 is 0 Å². The molecule has 0 radical (unpaired) electrons. The van der Waals surface area contributed by atoms with Crippen molar-refractivity contribution < 1.29 is 107 Å². The van der Waals surface area contributed by atoms with Crippen LogP contribution >= 0.6 is 0 Å². The van der Waals surface area contributed by atoms with E-state index in [2.05, 4.69) is 23.9 Å². The van der Waals surface area contributed by atoms with Crippen molar-refractivity contribution in [1.29, 1.82) is 0 Å². The Hall–Kier alpha value is -5.72. The maximum atomic E-state index is 12.3. The van der Waals surface area contributed by atoms with E-state index in [0.29, 0.717) is 0 Å². The first kappa shape index (κ1) is 58.4. The second-order valence-corrected chi connectivity index (χ2v) is 14.1. The van der Waals surface area contributed by atoms with Crippen molar-refractivity contribution >= 4 is 64.1 Å². The van der Waals surface area contributed by atoms with Crippen LogP contribution in [0.2, 0.25) is 0 Å². The van der Waals surface area contributed by atoms with Crippen LogP contribution in [0.25, 0.3) is 0 Å². The first-order valence-corrected chi connectivity index (χ1v) is 20.0. The quantitative estimate of drug-likeness (QED) is 0.0174. The summed E-state index contributed by atoms with van der Waals surface area (Å²) in [7, 11) is -1.88. The Kier molecular flexibility index (Phi) is 31.0. The van der Waals surface area contributed by atoms with Gasteiger partial charge in [0.25, 0.3) is 0 Å². The van der Waals surface area contributed by atoms with Crippen molar-refractivity contribution in [2.24, 2.45) is 0 Å². The molecule has 24 heteroatoms. The van der Waals surface area contributed by atoms with Gasteiger partial charge in [0, 0.05) is 16.7 Å². The molecule has 0 aromatic carbocycles. The first-order valence-electron chi connectivity index (χ1n) is 18.7. The molecular weight excluding hydrogens is 854 g/mol. The molecule has 62 heavy (non-hydrogen) atoms. The van der Waals surface area contributed by atoms with Gasteiger partial charge in [0.05, 0.1) is 52.7 Å². The van der Waals surface area contributed by atoms with Crippen LogP contribution in [0.1, 0.15) is 59.3 Å². The molecule has 0 fully saturated rings. The molecule has 0 amide bonds. The van der Waals surface area contributed by atoms with Crippen molar-refractivity contribution in [3.8, 4) is 0 Å². The van der Waals surface area contributed by atoms with E-state index in [0.717, 1.165) is 7.11 Å². The summed E-state index contributed by atoms with van der Waals surface area (Å²) in [4.78, 5) is 107. The van der Waals surface area contributed by atoms with Gasteiger partial charge in [-0.3, -0.25) is 33.0 Å². The predicted molar refractivity (Wildman–Crippen MR) is 208 cm³/mol. The van der Waals surface area contributed by atoms with E-state index < -0.39 is 64.1 Å². The Morgan fingerprint density at radius 3 is 0.774 bits per heavy atom. The molecule has 0 rings (SSSR count). The number of hydrogen-bond acceptors (Lipinski definition) is 22. The van der Waals surface area contributed by atoms with Crippen LogP contribution in [0.5, 0.6) is 0 Å². The van der Waals surface area contributed by atoms with Crippen molar-refractivity contribution in [3.63, 3.8) is 0 Å². The SMILES string of the molecule is C=C(C)C(=O)OCCOC(=O)CCC(=O)OCC[N+](C)(CCOC(=O)CCC(=O)OCCOC(=O)C(=C)C)CCOC(=O)CCC(=O)OCCOC(=O)C(=C)C.COS(=O)(=O)[O-]. The number of nitrogens with zero attached hydrogens (tertiary/aromatic N) is 1. The van der Waals surface area contributed by atoms with Gasteiger partial charge in [0.1, 0.15) is 79.1 Å². The van der Waals surface area contributed by atoms with E-state index in [1.165, 1.54) is 20.8 Å². The molecule has 0 atom stereocenters. The van der Waals surface area contributed by atoms with E-state index in [9.17, 15) is 56.1 Å². The molecule has 0 saturated carbocycles. The summed E-state index contributed by atoms with van der Waals surface area (Å²) in [5.74, 6) is -6.06. The smallest absolute Gasteiger partial charge is 0.333 e. The average Bonchev–Trinajstić information content (AvgIpc) is 3.19. The van der Waals surface area contributed by atoms with Gasteiger partial charge in [-0.2, -0.15) is 0 Å². The summed E-state index contributed by atoms with van der Waals surface area (Å²) in [6.45, 7) is 13.7. The second kappa shape index (κ2) is 33.0. The van der Waals surface area contributed by atoms with Gasteiger partial charge >= 0.3 is 53.7 Å². The Morgan fingerprint density at radius 1 is 0.419 bits per heavy atom. The summed E-state index contributed by atoms with van der Waals surface area (Å²) in [5.41, 5.74) is 0.578. The van der Waals surface area contributed by atoms with Crippen LogP contribution in [0.3, 0.4) is 0 Å². The van der Waals surface area contributed by atoms with E-state index in [1.54, 1.807) is 7.05 Å². The molecule has 352 valence electrons. The molecule has 0 aromatic rings. The molecule has 0 aliphatic heterocycles. The van der Waals surface area contributed by atoms with Crippen LogP contribution < -0.4 is 0 Å². The number of rotatable bonds is 31. The van der Waals surface area contributed by atoms with Crippen LogP contribution in [0, 0.1) is 0 Å². The lowest BCUT2D eigenvalue weighted by Gasteiger charge is -2.33. The zero-order valence-corrected chi connectivity index (χ0v) is 36.5. The molecule has 0 aromatic heterocycles. The number of esters is 9. The molecule has 0 bridgehead atoms. The minimum Gasteiger partial charge on any atom is -0.726 e. The molecule has 0 saturated heterocycles. The van der Waals surface area contributed by atoms with Gasteiger partial charge < -0.3 is 51.7 Å². The molecule has 0 N–H and O–H groups in total. The Labute approximate surface area is 360 Å². The van der Waals surface area contributed by atoms with Crippen molar-refractivity contribution in [1.82, 2.24) is 0 Å². The fourth-order valence-electron chi connectivity index (χ4n) is 3.76. The fraction of sp³-hybridized carbons (Fsp3) is 0.605. The third kappa shape index (κ3) is 35.1. The normalized spacial score (nSPS) is 10.6. The van der Waals surface area contributed by atoms with Crippen LogP contribution in [-0.4, -0.2) is 164 Å². The maximum absolute atomic E-state index is 12.3. The minimum absolute atomic E-state index is 0.0780. The number of hydrogen-bond donors (Lipinski definition) is 0. The Morgan fingerprint density at radius 2 is 0.597 bits per heavy atom. The first-order chi connectivity index (χ1) is 28.9. The monoisotopic (exact) mass is 911 g/mol. The molecule has 0 aliphatic rings. The van der Waals surface area contributed by atoms with Crippen molar-refractivity contribution in [3.05, 3.63) is 36.5 Å². The van der Waals surface area contributed by atoms with Gasteiger partial charge in [0.15, 0.2) is 0 Å². The summed E-state index contributed by atoms with van der Waals surface area (Å²) in [6, 6.07) is 0. The average molecular weight is 912 g/mol. The lowest BCUT2D eigenvalue weighted by atomic mass is 10.3. The second-order valence-electron chi connectivity index (χ2n) is 12.9. The molecule has 0 heterocycles. The van der Waals surface area contributed by atoms with Gasteiger partial charge in [-0.15, -0.1) is 0 Å². The minimum atomic E-state index is -4.41. The summed E-state index contributed by atoms with van der Waals surface area (Å²) < 4.78 is 76.1. The van der Waals surface area contributed by atoms with Crippen LogP contribution in [0.15, 0.2) is 36.5 Å². The molecule has 0 spiro atoms. The molecule has 23 nitrogen and oxygen atoms in total. The summed E-state index contributed by atoms with van der Waals surface area (Å²) >= 11 is 0. The number of likely N-dealkylation sites (N-methyl/N-ethyl adjacent to an activating group) is 1. The highest BCUT2D eigenvalue weighted by Gasteiger charge is 2.24. The van der Waals surface area contributed by atoms with E-state index in [4.69, 9.17) is 42.6 Å². The zero-order chi connectivity index (χ0) is 47.7.